The normalized spacial score (nSPS) is 11.0. The van der Waals surface area contributed by atoms with E-state index in [0.717, 1.165) is 34.9 Å². The lowest BCUT2D eigenvalue weighted by Crippen LogP contribution is -3.11. The molecule has 0 saturated heterocycles. The Morgan fingerprint density at radius 3 is 2.17 bits per heavy atom. The van der Waals surface area contributed by atoms with E-state index in [2.05, 4.69) is 13.8 Å². The highest BCUT2D eigenvalue weighted by Gasteiger charge is 2.07. The van der Waals surface area contributed by atoms with E-state index in [4.69, 9.17) is 16.3 Å². The number of aryl methyl sites for hydroxylation is 2. The Labute approximate surface area is 116 Å². The molecule has 1 rings (SSSR count). The number of nitrogens with one attached hydrogen (secondary N) is 1. The average molecular weight is 271 g/mol. The summed E-state index contributed by atoms with van der Waals surface area (Å²) in [6.45, 7) is 12.9. The minimum Gasteiger partial charge on any atom is -0.493 e. The SMILES string of the molecule is CC[NH+](CC)CCCOc1c(C)cc(Cl)cc1C. The van der Waals surface area contributed by atoms with Crippen molar-refractivity contribution in [3.05, 3.63) is 28.3 Å². The van der Waals surface area contributed by atoms with Gasteiger partial charge in [0.05, 0.1) is 26.2 Å². The van der Waals surface area contributed by atoms with Gasteiger partial charge in [0.1, 0.15) is 5.75 Å². The van der Waals surface area contributed by atoms with Crippen LogP contribution in [-0.4, -0.2) is 26.2 Å². The Bertz CT molecular complexity index is 352. The summed E-state index contributed by atoms with van der Waals surface area (Å²) in [5.41, 5.74) is 2.24. The standard InChI is InChI=1S/C15H24ClNO/c1-5-17(6-2)8-7-9-18-15-12(3)10-14(16)11-13(15)4/h10-11H,5-9H2,1-4H3/p+1. The molecule has 0 aliphatic carbocycles. The van der Waals surface area contributed by atoms with Gasteiger partial charge in [0.15, 0.2) is 0 Å². The van der Waals surface area contributed by atoms with Gasteiger partial charge in [0, 0.05) is 11.4 Å². The van der Waals surface area contributed by atoms with Gasteiger partial charge in [-0.3, -0.25) is 0 Å². The van der Waals surface area contributed by atoms with Crippen LogP contribution in [0.2, 0.25) is 5.02 Å². The molecule has 1 N–H and O–H groups in total. The van der Waals surface area contributed by atoms with Crippen LogP contribution in [0.3, 0.4) is 0 Å². The van der Waals surface area contributed by atoms with Crippen molar-refractivity contribution in [1.82, 2.24) is 0 Å². The second-order valence-corrected chi connectivity index (χ2v) is 5.21. The zero-order chi connectivity index (χ0) is 13.5. The van der Waals surface area contributed by atoms with E-state index in [0.29, 0.717) is 0 Å². The Morgan fingerprint density at radius 2 is 1.67 bits per heavy atom. The van der Waals surface area contributed by atoms with E-state index in [9.17, 15) is 0 Å². The van der Waals surface area contributed by atoms with Crippen molar-refractivity contribution in [2.75, 3.05) is 26.2 Å². The molecular formula is C15H25ClNO+. The summed E-state index contributed by atoms with van der Waals surface area (Å²) in [6, 6.07) is 3.92. The molecule has 0 amide bonds. The van der Waals surface area contributed by atoms with Gasteiger partial charge in [-0.1, -0.05) is 11.6 Å². The summed E-state index contributed by atoms with van der Waals surface area (Å²) in [5.74, 6) is 0.994. The topological polar surface area (TPSA) is 13.7 Å². The van der Waals surface area contributed by atoms with Crippen LogP contribution < -0.4 is 9.64 Å². The number of benzene rings is 1. The molecule has 0 aliphatic rings. The third-order valence-electron chi connectivity index (χ3n) is 3.35. The van der Waals surface area contributed by atoms with Gasteiger partial charge in [-0.15, -0.1) is 0 Å². The third kappa shape index (κ3) is 4.51. The zero-order valence-corrected chi connectivity index (χ0v) is 12.7. The fourth-order valence-electron chi connectivity index (χ4n) is 2.23. The van der Waals surface area contributed by atoms with E-state index in [1.54, 1.807) is 4.90 Å². The largest absolute Gasteiger partial charge is 0.493 e. The van der Waals surface area contributed by atoms with Gasteiger partial charge < -0.3 is 9.64 Å². The zero-order valence-electron chi connectivity index (χ0n) is 12.0. The number of halogens is 1. The first-order valence-corrected chi connectivity index (χ1v) is 7.19. The molecule has 1 aromatic rings. The summed E-state index contributed by atoms with van der Waals surface area (Å²) in [4.78, 5) is 1.63. The first-order valence-electron chi connectivity index (χ1n) is 6.81. The van der Waals surface area contributed by atoms with Gasteiger partial charge in [-0.2, -0.15) is 0 Å². The third-order valence-corrected chi connectivity index (χ3v) is 3.56. The van der Waals surface area contributed by atoms with Crippen LogP contribution in [0, 0.1) is 13.8 Å². The van der Waals surface area contributed by atoms with Crippen molar-refractivity contribution >= 4 is 11.6 Å². The van der Waals surface area contributed by atoms with Crippen molar-refractivity contribution < 1.29 is 9.64 Å². The highest BCUT2D eigenvalue weighted by atomic mass is 35.5. The molecular weight excluding hydrogens is 246 g/mol. The maximum Gasteiger partial charge on any atom is 0.125 e. The highest BCUT2D eigenvalue weighted by Crippen LogP contribution is 2.26. The molecule has 102 valence electrons. The average Bonchev–Trinajstić information content (AvgIpc) is 2.32. The summed E-state index contributed by atoms with van der Waals surface area (Å²) >= 11 is 6.00. The first-order chi connectivity index (χ1) is 8.58. The summed E-state index contributed by atoms with van der Waals surface area (Å²) in [6.07, 6.45) is 1.10. The minimum absolute atomic E-state index is 0.782. The van der Waals surface area contributed by atoms with Crippen LogP contribution in [0.4, 0.5) is 0 Å². The lowest BCUT2D eigenvalue weighted by molar-refractivity contribution is -0.896. The van der Waals surface area contributed by atoms with Gasteiger partial charge in [-0.25, -0.2) is 0 Å². The van der Waals surface area contributed by atoms with E-state index >= 15 is 0 Å². The van der Waals surface area contributed by atoms with Crippen LogP contribution in [0.25, 0.3) is 0 Å². The molecule has 2 nitrogen and oxygen atoms in total. The Balaban J connectivity index is 2.44. The van der Waals surface area contributed by atoms with E-state index in [1.165, 1.54) is 19.6 Å². The molecule has 0 fully saturated rings. The quantitative estimate of drug-likeness (QED) is 0.752. The van der Waals surface area contributed by atoms with E-state index in [1.807, 2.05) is 26.0 Å². The Kier molecular flexibility index (Phi) is 6.51. The lowest BCUT2D eigenvalue weighted by Gasteiger charge is -2.16. The van der Waals surface area contributed by atoms with Crippen molar-refractivity contribution in [1.29, 1.82) is 0 Å². The molecule has 0 unspecified atom stereocenters. The lowest BCUT2D eigenvalue weighted by atomic mass is 10.1. The molecule has 1 aromatic carbocycles. The first kappa shape index (κ1) is 15.3. The predicted octanol–water partition coefficient (Wildman–Crippen LogP) is 2.65. The molecule has 0 bridgehead atoms. The van der Waals surface area contributed by atoms with Crippen molar-refractivity contribution in [3.63, 3.8) is 0 Å². The number of hydrogen-bond acceptors (Lipinski definition) is 1. The van der Waals surface area contributed by atoms with Crippen molar-refractivity contribution in [2.24, 2.45) is 0 Å². The molecule has 18 heavy (non-hydrogen) atoms. The van der Waals surface area contributed by atoms with E-state index in [-0.39, 0.29) is 0 Å². The molecule has 0 heterocycles. The fraction of sp³-hybridized carbons (Fsp3) is 0.600. The molecule has 0 atom stereocenters. The number of rotatable bonds is 7. The fourth-order valence-corrected chi connectivity index (χ4v) is 2.55. The maximum absolute atomic E-state index is 6.00. The highest BCUT2D eigenvalue weighted by molar-refractivity contribution is 6.30. The second kappa shape index (κ2) is 7.65. The summed E-state index contributed by atoms with van der Waals surface area (Å²) in [5, 5.41) is 0.782. The van der Waals surface area contributed by atoms with Gasteiger partial charge in [0.2, 0.25) is 0 Å². The van der Waals surface area contributed by atoms with Crippen molar-refractivity contribution in [3.8, 4) is 5.75 Å². The molecule has 3 heteroatoms. The van der Waals surface area contributed by atoms with Gasteiger partial charge in [-0.05, 0) is 51.0 Å². The Hall–Kier alpha value is -0.730. The molecule has 0 aliphatic heterocycles. The molecule has 0 saturated carbocycles. The summed E-state index contributed by atoms with van der Waals surface area (Å²) < 4.78 is 5.89. The monoisotopic (exact) mass is 270 g/mol. The van der Waals surface area contributed by atoms with Gasteiger partial charge in [0.25, 0.3) is 0 Å². The summed E-state index contributed by atoms with van der Waals surface area (Å²) in [7, 11) is 0. The smallest absolute Gasteiger partial charge is 0.125 e. The maximum atomic E-state index is 6.00. The van der Waals surface area contributed by atoms with Crippen LogP contribution in [0.15, 0.2) is 12.1 Å². The number of ether oxygens (including phenoxy) is 1. The van der Waals surface area contributed by atoms with Crippen LogP contribution in [0.1, 0.15) is 31.4 Å². The van der Waals surface area contributed by atoms with Crippen LogP contribution >= 0.6 is 11.6 Å². The second-order valence-electron chi connectivity index (χ2n) is 4.78. The minimum atomic E-state index is 0.782. The van der Waals surface area contributed by atoms with Crippen LogP contribution in [0.5, 0.6) is 5.75 Å². The van der Waals surface area contributed by atoms with Crippen LogP contribution in [-0.2, 0) is 0 Å². The predicted molar refractivity (Wildman–Crippen MR) is 77.9 cm³/mol. The molecule has 0 spiro atoms. The number of quaternary nitrogens is 1. The van der Waals surface area contributed by atoms with Gasteiger partial charge >= 0.3 is 0 Å². The molecule has 0 radical (unpaired) electrons. The Morgan fingerprint density at radius 1 is 1.11 bits per heavy atom. The van der Waals surface area contributed by atoms with Crippen molar-refractivity contribution in [2.45, 2.75) is 34.1 Å². The van der Waals surface area contributed by atoms with E-state index < -0.39 is 0 Å². The molecule has 0 aromatic heterocycles. The number of hydrogen-bond donors (Lipinski definition) is 1.